The minimum atomic E-state index is -0.208. The zero-order chi connectivity index (χ0) is 14.4. The van der Waals surface area contributed by atoms with E-state index in [9.17, 15) is 9.59 Å². The van der Waals surface area contributed by atoms with Gasteiger partial charge in [0.1, 0.15) is 5.69 Å². The van der Waals surface area contributed by atoms with Crippen LogP contribution in [0.15, 0.2) is 24.3 Å². The molecular weight excluding hydrogens is 268 g/mol. The second-order valence-corrected chi connectivity index (χ2v) is 5.42. The molecule has 0 spiro atoms. The number of fused-ring (bicyclic) bond motifs is 2. The molecule has 0 amide bonds. The topological polar surface area (TPSA) is 76.9 Å². The van der Waals surface area contributed by atoms with Gasteiger partial charge in [-0.1, -0.05) is 29.5 Å². The summed E-state index contributed by atoms with van der Waals surface area (Å²) in [4.78, 5) is 25.2. The Balaban J connectivity index is 1.85. The smallest absolute Gasteiger partial charge is 0.216 e. The molecule has 1 N–H and O–H groups in total. The van der Waals surface area contributed by atoms with Crippen LogP contribution in [-0.4, -0.2) is 39.6 Å². The van der Waals surface area contributed by atoms with E-state index in [0.29, 0.717) is 16.8 Å². The van der Waals surface area contributed by atoms with E-state index < -0.39 is 0 Å². The lowest BCUT2D eigenvalue weighted by Gasteiger charge is -2.24. The summed E-state index contributed by atoms with van der Waals surface area (Å²) in [6, 6.07) is 7.02. The fourth-order valence-corrected chi connectivity index (χ4v) is 3.10. The zero-order valence-electron chi connectivity index (χ0n) is 11.4. The summed E-state index contributed by atoms with van der Waals surface area (Å²) in [6.45, 7) is 1.77. The fraction of sp³-hybridized carbons (Fsp3) is 0.333. The molecule has 106 valence electrons. The SMILES string of the molecule is O=C1c2ccccc2C(=O)c2c1nnn2C1CCNCC1. The van der Waals surface area contributed by atoms with Gasteiger partial charge in [0.15, 0.2) is 5.69 Å². The first-order chi connectivity index (χ1) is 10.3. The maximum Gasteiger partial charge on any atom is 0.216 e. The maximum absolute atomic E-state index is 12.7. The summed E-state index contributed by atoms with van der Waals surface area (Å²) in [6.07, 6.45) is 1.78. The van der Waals surface area contributed by atoms with Gasteiger partial charge in [-0.2, -0.15) is 0 Å². The van der Waals surface area contributed by atoms with E-state index in [0.717, 1.165) is 25.9 Å². The minimum absolute atomic E-state index is 0.129. The normalized spacial score (nSPS) is 18.5. The van der Waals surface area contributed by atoms with Gasteiger partial charge in [0.2, 0.25) is 11.6 Å². The molecule has 1 fully saturated rings. The molecule has 6 heteroatoms. The van der Waals surface area contributed by atoms with E-state index in [-0.39, 0.29) is 23.3 Å². The molecule has 1 saturated heterocycles. The van der Waals surface area contributed by atoms with Crippen molar-refractivity contribution >= 4 is 11.6 Å². The van der Waals surface area contributed by atoms with Gasteiger partial charge in [-0.05, 0) is 25.9 Å². The van der Waals surface area contributed by atoms with Crippen LogP contribution < -0.4 is 5.32 Å². The van der Waals surface area contributed by atoms with Gasteiger partial charge in [-0.3, -0.25) is 9.59 Å². The van der Waals surface area contributed by atoms with Crippen molar-refractivity contribution in [2.75, 3.05) is 13.1 Å². The molecule has 2 aromatic rings. The number of nitrogens with one attached hydrogen (secondary N) is 1. The molecule has 2 heterocycles. The summed E-state index contributed by atoms with van der Waals surface area (Å²) in [5, 5.41) is 11.4. The minimum Gasteiger partial charge on any atom is -0.317 e. The first kappa shape index (κ1) is 12.4. The Morgan fingerprint density at radius 3 is 2.43 bits per heavy atom. The number of ketones is 2. The second-order valence-electron chi connectivity index (χ2n) is 5.42. The Kier molecular flexibility index (Phi) is 2.71. The quantitative estimate of drug-likeness (QED) is 0.720. The van der Waals surface area contributed by atoms with Gasteiger partial charge >= 0.3 is 0 Å². The zero-order valence-corrected chi connectivity index (χ0v) is 11.4. The molecule has 6 nitrogen and oxygen atoms in total. The number of rotatable bonds is 1. The number of hydrogen-bond acceptors (Lipinski definition) is 5. The summed E-state index contributed by atoms with van der Waals surface area (Å²) in [5.41, 5.74) is 1.42. The van der Waals surface area contributed by atoms with E-state index in [1.165, 1.54) is 0 Å². The van der Waals surface area contributed by atoms with Crippen molar-refractivity contribution in [2.45, 2.75) is 18.9 Å². The molecule has 0 saturated carbocycles. The van der Waals surface area contributed by atoms with Crippen molar-refractivity contribution < 1.29 is 9.59 Å². The van der Waals surface area contributed by atoms with Crippen LogP contribution in [0.4, 0.5) is 0 Å². The third-order valence-electron chi connectivity index (χ3n) is 4.20. The van der Waals surface area contributed by atoms with E-state index in [1.807, 2.05) is 0 Å². The Morgan fingerprint density at radius 2 is 1.71 bits per heavy atom. The third-order valence-corrected chi connectivity index (χ3v) is 4.20. The van der Waals surface area contributed by atoms with Crippen LogP contribution >= 0.6 is 0 Å². The third kappa shape index (κ3) is 1.76. The van der Waals surface area contributed by atoms with Crippen molar-refractivity contribution in [3.05, 3.63) is 46.8 Å². The average molecular weight is 282 g/mol. The number of carbonyl (C=O) groups excluding carboxylic acids is 2. The first-order valence-electron chi connectivity index (χ1n) is 7.11. The van der Waals surface area contributed by atoms with Gasteiger partial charge in [-0.25, -0.2) is 4.68 Å². The van der Waals surface area contributed by atoms with Gasteiger partial charge in [0, 0.05) is 11.1 Å². The van der Waals surface area contributed by atoms with Gasteiger partial charge in [0.05, 0.1) is 6.04 Å². The molecule has 4 rings (SSSR count). The summed E-state index contributed by atoms with van der Waals surface area (Å²) >= 11 is 0. The van der Waals surface area contributed by atoms with Crippen molar-refractivity contribution in [1.29, 1.82) is 0 Å². The molecule has 0 bridgehead atoms. The van der Waals surface area contributed by atoms with Crippen molar-refractivity contribution in [2.24, 2.45) is 0 Å². The first-order valence-corrected chi connectivity index (χ1v) is 7.11. The molecule has 0 unspecified atom stereocenters. The molecular formula is C15H14N4O2. The Labute approximate surface area is 121 Å². The van der Waals surface area contributed by atoms with Crippen molar-refractivity contribution in [3.8, 4) is 0 Å². The highest BCUT2D eigenvalue weighted by atomic mass is 16.1. The van der Waals surface area contributed by atoms with Crippen LogP contribution in [0.5, 0.6) is 0 Å². The summed E-state index contributed by atoms with van der Waals surface area (Å²) < 4.78 is 1.66. The predicted octanol–water partition coefficient (Wildman–Crippen LogP) is 0.978. The molecule has 1 aliphatic heterocycles. The fourth-order valence-electron chi connectivity index (χ4n) is 3.10. The highest BCUT2D eigenvalue weighted by Crippen LogP contribution is 2.29. The number of hydrogen-bond donors (Lipinski definition) is 1. The number of benzene rings is 1. The molecule has 2 aliphatic rings. The number of nitrogens with zero attached hydrogens (tertiary/aromatic N) is 3. The van der Waals surface area contributed by atoms with Gasteiger partial charge in [0.25, 0.3) is 0 Å². The van der Waals surface area contributed by atoms with Crippen LogP contribution in [0.25, 0.3) is 0 Å². The van der Waals surface area contributed by atoms with Crippen LogP contribution in [0.1, 0.15) is 51.0 Å². The highest BCUT2D eigenvalue weighted by Gasteiger charge is 2.36. The van der Waals surface area contributed by atoms with Crippen molar-refractivity contribution in [1.82, 2.24) is 20.3 Å². The molecule has 1 aliphatic carbocycles. The number of aromatic nitrogens is 3. The molecule has 0 radical (unpaired) electrons. The lowest BCUT2D eigenvalue weighted by atomic mass is 9.89. The Bertz CT molecular complexity index is 744. The van der Waals surface area contributed by atoms with E-state index in [4.69, 9.17) is 0 Å². The molecule has 0 atom stereocenters. The van der Waals surface area contributed by atoms with Gasteiger partial charge in [-0.15, -0.1) is 5.10 Å². The standard InChI is InChI=1S/C15H14N4O2/c20-14-10-3-1-2-4-11(10)15(21)13-12(14)17-18-19(13)9-5-7-16-8-6-9/h1-4,9,16H,5-8H2. The second kappa shape index (κ2) is 4.60. The monoisotopic (exact) mass is 282 g/mol. The van der Waals surface area contributed by atoms with E-state index >= 15 is 0 Å². The largest absolute Gasteiger partial charge is 0.317 e. The van der Waals surface area contributed by atoms with E-state index in [1.54, 1.807) is 28.9 Å². The lowest BCUT2D eigenvalue weighted by molar-refractivity contribution is 0.0968. The number of piperidine rings is 1. The maximum atomic E-state index is 12.7. The van der Waals surface area contributed by atoms with Crippen molar-refractivity contribution in [3.63, 3.8) is 0 Å². The predicted molar refractivity (Wildman–Crippen MR) is 74.5 cm³/mol. The van der Waals surface area contributed by atoms with Crippen LogP contribution in [0, 0.1) is 0 Å². The average Bonchev–Trinajstić information content (AvgIpc) is 2.99. The van der Waals surface area contributed by atoms with E-state index in [2.05, 4.69) is 15.6 Å². The molecule has 1 aromatic carbocycles. The molecule has 1 aromatic heterocycles. The Hall–Kier alpha value is -2.34. The van der Waals surface area contributed by atoms with Crippen LogP contribution in [0.3, 0.4) is 0 Å². The van der Waals surface area contributed by atoms with Crippen LogP contribution in [-0.2, 0) is 0 Å². The molecule has 21 heavy (non-hydrogen) atoms. The highest BCUT2D eigenvalue weighted by molar-refractivity contribution is 6.26. The number of carbonyl (C=O) groups is 2. The summed E-state index contributed by atoms with van der Waals surface area (Å²) in [7, 11) is 0. The lowest BCUT2D eigenvalue weighted by Crippen LogP contribution is -2.32. The Morgan fingerprint density at radius 1 is 1.05 bits per heavy atom. The van der Waals surface area contributed by atoms with Crippen LogP contribution in [0.2, 0.25) is 0 Å². The summed E-state index contributed by atoms with van der Waals surface area (Å²) in [5.74, 6) is -0.357. The van der Waals surface area contributed by atoms with Gasteiger partial charge < -0.3 is 5.32 Å².